The van der Waals surface area contributed by atoms with Crippen molar-refractivity contribution in [1.82, 2.24) is 5.32 Å². The number of ether oxygens (including phenoxy) is 1. The zero-order valence-electron chi connectivity index (χ0n) is 14.1. The molecule has 1 atom stereocenters. The van der Waals surface area contributed by atoms with E-state index in [9.17, 15) is 18.4 Å². The number of anilines is 1. The molecule has 2 N–H and O–H groups in total. The molecule has 0 aromatic heterocycles. The van der Waals surface area contributed by atoms with E-state index in [-0.39, 0.29) is 23.1 Å². The summed E-state index contributed by atoms with van der Waals surface area (Å²) >= 11 is 0. The van der Waals surface area contributed by atoms with Gasteiger partial charge in [-0.1, -0.05) is 12.1 Å². The average Bonchev–Trinajstić information content (AvgIpc) is 2.64. The molecule has 1 unspecified atom stereocenters. The molecule has 1 aliphatic rings. The van der Waals surface area contributed by atoms with Gasteiger partial charge >= 0.3 is 0 Å². The van der Waals surface area contributed by atoms with Crippen LogP contribution in [0.15, 0.2) is 36.4 Å². The Kier molecular flexibility index (Phi) is 5.16. The number of hydrogen-bond acceptors (Lipinski definition) is 3. The normalized spacial score (nSPS) is 15.6. The van der Waals surface area contributed by atoms with E-state index in [2.05, 4.69) is 10.6 Å². The van der Waals surface area contributed by atoms with Crippen LogP contribution in [0.2, 0.25) is 0 Å². The number of hydrogen-bond donors (Lipinski definition) is 2. The van der Waals surface area contributed by atoms with Crippen molar-refractivity contribution >= 4 is 17.5 Å². The van der Waals surface area contributed by atoms with Gasteiger partial charge in [-0.05, 0) is 36.1 Å². The van der Waals surface area contributed by atoms with E-state index in [1.54, 1.807) is 19.2 Å². The first-order valence-corrected chi connectivity index (χ1v) is 8.22. The Balaban J connectivity index is 1.86. The molecule has 0 saturated carbocycles. The second kappa shape index (κ2) is 7.51. The molecule has 0 saturated heterocycles. The summed E-state index contributed by atoms with van der Waals surface area (Å²) in [5, 5.41) is 5.14. The van der Waals surface area contributed by atoms with Crippen molar-refractivity contribution in [3.63, 3.8) is 0 Å². The highest BCUT2D eigenvalue weighted by Gasteiger charge is 2.27. The van der Waals surface area contributed by atoms with Crippen LogP contribution in [0.4, 0.5) is 14.5 Å². The lowest BCUT2D eigenvalue weighted by atomic mass is 9.88. The number of benzene rings is 2. The Hall–Kier alpha value is -2.96. The fourth-order valence-corrected chi connectivity index (χ4v) is 2.99. The largest absolute Gasteiger partial charge is 0.492 e. The van der Waals surface area contributed by atoms with E-state index >= 15 is 0 Å². The van der Waals surface area contributed by atoms with Gasteiger partial charge in [0.2, 0.25) is 5.91 Å². The number of nitrogens with one attached hydrogen (secondary N) is 2. The van der Waals surface area contributed by atoms with Crippen LogP contribution in [-0.2, 0) is 4.79 Å². The van der Waals surface area contributed by atoms with Gasteiger partial charge < -0.3 is 15.4 Å². The molecule has 5 nitrogen and oxygen atoms in total. The van der Waals surface area contributed by atoms with Crippen LogP contribution in [0.5, 0.6) is 5.75 Å². The van der Waals surface area contributed by atoms with Gasteiger partial charge in [-0.25, -0.2) is 8.78 Å². The predicted octanol–water partition coefficient (Wildman–Crippen LogP) is 3.22. The molecule has 2 amide bonds. The third kappa shape index (κ3) is 3.66. The summed E-state index contributed by atoms with van der Waals surface area (Å²) < 4.78 is 32.0. The lowest BCUT2D eigenvalue weighted by Gasteiger charge is -2.27. The Morgan fingerprint density at radius 2 is 2.00 bits per heavy atom. The van der Waals surface area contributed by atoms with Crippen molar-refractivity contribution in [2.75, 3.05) is 19.0 Å². The zero-order valence-corrected chi connectivity index (χ0v) is 14.1. The van der Waals surface area contributed by atoms with E-state index in [1.165, 1.54) is 6.07 Å². The number of amides is 2. The van der Waals surface area contributed by atoms with Crippen LogP contribution < -0.4 is 15.4 Å². The highest BCUT2D eigenvalue weighted by molar-refractivity contribution is 6.06. The van der Waals surface area contributed by atoms with Crippen LogP contribution in [0, 0.1) is 11.6 Å². The first kappa shape index (κ1) is 17.8. The van der Waals surface area contributed by atoms with Crippen molar-refractivity contribution in [1.29, 1.82) is 0 Å². The number of halogens is 2. The van der Waals surface area contributed by atoms with E-state index in [4.69, 9.17) is 4.74 Å². The summed E-state index contributed by atoms with van der Waals surface area (Å²) in [7, 11) is 1.58. The smallest absolute Gasteiger partial charge is 0.259 e. The summed E-state index contributed by atoms with van der Waals surface area (Å²) in [6.07, 6.45) is 0.982. The monoisotopic (exact) mass is 360 g/mol. The van der Waals surface area contributed by atoms with Crippen LogP contribution in [-0.4, -0.2) is 25.5 Å². The molecule has 7 heteroatoms. The molecule has 2 aromatic carbocycles. The number of fused-ring (bicyclic) bond motifs is 1. The van der Waals surface area contributed by atoms with Gasteiger partial charge in [-0.2, -0.15) is 0 Å². The van der Waals surface area contributed by atoms with Gasteiger partial charge in [0, 0.05) is 25.2 Å². The number of para-hydroxylation sites is 1. The Bertz CT molecular complexity index is 855. The van der Waals surface area contributed by atoms with Crippen LogP contribution in [0.25, 0.3) is 0 Å². The van der Waals surface area contributed by atoms with Gasteiger partial charge in [-0.3, -0.25) is 9.59 Å². The molecule has 0 aliphatic carbocycles. The molecule has 0 fully saturated rings. The molecule has 3 rings (SSSR count). The number of carbonyl (C=O) groups is 2. The van der Waals surface area contributed by atoms with Gasteiger partial charge in [0.1, 0.15) is 5.75 Å². The minimum atomic E-state index is -1.04. The van der Waals surface area contributed by atoms with Crippen molar-refractivity contribution in [3.8, 4) is 5.75 Å². The number of carbonyl (C=O) groups excluding carboxylic acids is 2. The summed E-state index contributed by atoms with van der Waals surface area (Å²) in [4.78, 5) is 24.3. The first-order chi connectivity index (χ1) is 12.5. The van der Waals surface area contributed by atoms with E-state index < -0.39 is 17.5 Å². The summed E-state index contributed by atoms with van der Waals surface area (Å²) in [6.45, 7) is 0.393. The quantitative estimate of drug-likeness (QED) is 0.880. The van der Waals surface area contributed by atoms with Crippen molar-refractivity contribution in [2.24, 2.45) is 0 Å². The maximum atomic E-state index is 13.3. The zero-order chi connectivity index (χ0) is 18.7. The van der Waals surface area contributed by atoms with Gasteiger partial charge in [0.25, 0.3) is 5.91 Å². The molecule has 0 spiro atoms. The molecule has 136 valence electrons. The van der Waals surface area contributed by atoms with Gasteiger partial charge in [-0.15, -0.1) is 0 Å². The average molecular weight is 360 g/mol. The SMILES string of the molecule is CNC(=O)CC1CCOc2c(C(=O)Nc3ccc(F)c(F)c3)cccc21. The van der Waals surface area contributed by atoms with Crippen molar-refractivity contribution in [2.45, 2.75) is 18.8 Å². The van der Waals surface area contributed by atoms with E-state index in [1.807, 2.05) is 6.07 Å². The second-order valence-corrected chi connectivity index (χ2v) is 6.02. The van der Waals surface area contributed by atoms with Crippen molar-refractivity contribution < 1.29 is 23.1 Å². The molecule has 2 aromatic rings. The molecule has 0 radical (unpaired) electrons. The highest BCUT2D eigenvalue weighted by atomic mass is 19.2. The third-order valence-corrected chi connectivity index (χ3v) is 4.33. The Morgan fingerprint density at radius 1 is 1.19 bits per heavy atom. The minimum Gasteiger partial charge on any atom is -0.492 e. The first-order valence-electron chi connectivity index (χ1n) is 8.22. The topological polar surface area (TPSA) is 67.4 Å². The third-order valence-electron chi connectivity index (χ3n) is 4.33. The molecule has 1 heterocycles. The molecule has 26 heavy (non-hydrogen) atoms. The molecule has 0 bridgehead atoms. The lowest BCUT2D eigenvalue weighted by molar-refractivity contribution is -0.121. The standard InChI is InChI=1S/C19H18F2N2O3/c1-22-17(24)9-11-7-8-26-18-13(11)3-2-4-14(18)19(25)23-12-5-6-15(20)16(21)10-12/h2-6,10-11H,7-9H2,1H3,(H,22,24)(H,23,25). The fourth-order valence-electron chi connectivity index (χ4n) is 2.99. The summed E-state index contributed by atoms with van der Waals surface area (Å²) in [6, 6.07) is 8.28. The molecular formula is C19H18F2N2O3. The van der Waals surface area contributed by atoms with Crippen LogP contribution >= 0.6 is 0 Å². The van der Waals surface area contributed by atoms with Crippen LogP contribution in [0.1, 0.15) is 34.7 Å². The minimum absolute atomic E-state index is 0.0466. The van der Waals surface area contributed by atoms with Crippen molar-refractivity contribution in [3.05, 3.63) is 59.2 Å². The van der Waals surface area contributed by atoms with E-state index in [0.29, 0.717) is 25.2 Å². The maximum absolute atomic E-state index is 13.3. The predicted molar refractivity (Wildman–Crippen MR) is 92.3 cm³/mol. The molecule has 1 aliphatic heterocycles. The van der Waals surface area contributed by atoms with E-state index in [0.717, 1.165) is 17.7 Å². The maximum Gasteiger partial charge on any atom is 0.259 e. The Labute approximate surface area is 149 Å². The summed E-state index contributed by atoms with van der Waals surface area (Å²) in [5.41, 5.74) is 1.22. The van der Waals surface area contributed by atoms with Gasteiger partial charge in [0.05, 0.1) is 12.2 Å². The van der Waals surface area contributed by atoms with Gasteiger partial charge in [0.15, 0.2) is 11.6 Å². The molecular weight excluding hydrogens is 342 g/mol. The highest BCUT2D eigenvalue weighted by Crippen LogP contribution is 2.38. The fraction of sp³-hybridized carbons (Fsp3) is 0.263. The van der Waals surface area contributed by atoms with Crippen LogP contribution in [0.3, 0.4) is 0 Å². The lowest BCUT2D eigenvalue weighted by Crippen LogP contribution is -2.25. The summed E-state index contributed by atoms with van der Waals surface area (Å²) in [5.74, 6) is -2.23. The Morgan fingerprint density at radius 3 is 2.73 bits per heavy atom. The number of rotatable bonds is 4. The second-order valence-electron chi connectivity index (χ2n) is 6.02.